The van der Waals surface area contributed by atoms with Gasteiger partial charge in [-0.1, -0.05) is 170 Å². The normalized spacial score (nSPS) is 11.7. The van der Waals surface area contributed by atoms with Crippen LogP contribution >= 0.6 is 0 Å². The topological polar surface area (TPSA) is 227 Å². The minimum Gasteiger partial charge on any atom is -0.744 e. The molecule has 2 N–H and O–H groups in total. The molecular weight excluding hydrogens is 1100 g/mol. The first kappa shape index (κ1) is 57.0. The standard InChI is InChI=1S/C62H42N6O10S2.2Na/c69-79(70,71)59(43-29-33-45(34-30-43)63-61-65-55(75-51-25-9-17-39-13-1-5-21-47(39)51)37-56(66-61)76-52-26-10-18-40-14-2-6-22-48(40)52)60(80(72,73)74)44-31-35-46(36-32-44)64-62-67-57(77-53-27-11-19-41-15-3-7-23-49(41)53)38-58(68-62)78-54-28-12-20-42-16-4-8-24-50(42)54;;/h1-38H,(H,63,65,66)(H,64,67,68)(H,69,70,71)(H,72,73,74);;/q;2*+1/p-2. The summed E-state index contributed by atoms with van der Waals surface area (Å²) in [5, 5.41) is 13.2. The van der Waals surface area contributed by atoms with Crippen LogP contribution in [0.1, 0.15) is 11.1 Å². The zero-order valence-electron chi connectivity index (χ0n) is 43.6. The number of anilines is 4. The summed E-state index contributed by atoms with van der Waals surface area (Å²) < 4.78 is 104. The Balaban J connectivity index is 0.00000376. The van der Waals surface area contributed by atoms with Crippen LogP contribution in [-0.2, 0) is 20.2 Å². The molecule has 16 nitrogen and oxygen atoms in total. The predicted molar refractivity (Wildman–Crippen MR) is 306 cm³/mol. The van der Waals surface area contributed by atoms with E-state index in [1.807, 2.05) is 146 Å². The fourth-order valence-electron chi connectivity index (χ4n) is 9.16. The van der Waals surface area contributed by atoms with Crippen molar-refractivity contribution in [2.24, 2.45) is 0 Å². The van der Waals surface area contributed by atoms with Crippen LogP contribution in [0.25, 0.3) is 52.9 Å². The van der Waals surface area contributed by atoms with Crippen LogP contribution in [-0.4, -0.2) is 45.9 Å². The molecule has 0 spiro atoms. The number of nitrogens with one attached hydrogen (secondary N) is 2. The first-order chi connectivity index (χ1) is 38.8. The Labute approximate surface area is 514 Å². The van der Waals surface area contributed by atoms with Crippen molar-refractivity contribution in [3.8, 4) is 46.5 Å². The van der Waals surface area contributed by atoms with Gasteiger partial charge in [-0.2, -0.15) is 19.9 Å². The first-order valence-electron chi connectivity index (χ1n) is 24.7. The van der Waals surface area contributed by atoms with Crippen molar-refractivity contribution in [1.29, 1.82) is 0 Å². The molecule has 2 heterocycles. The first-order valence-corrected chi connectivity index (χ1v) is 27.5. The van der Waals surface area contributed by atoms with Crippen molar-refractivity contribution < 1.29 is 104 Å². The van der Waals surface area contributed by atoms with Gasteiger partial charge in [-0.25, -0.2) is 16.8 Å². The molecule has 0 aliphatic heterocycles. The zero-order valence-corrected chi connectivity index (χ0v) is 49.3. The number of ether oxygens (including phenoxy) is 4. The maximum absolute atomic E-state index is 13.2. The number of nitrogens with zero attached hydrogens (tertiary/aromatic N) is 4. The summed E-state index contributed by atoms with van der Waals surface area (Å²) in [5.41, 5.74) is -0.218. The summed E-state index contributed by atoms with van der Waals surface area (Å²) >= 11 is 0. The fraction of sp³-hybridized carbons (Fsp3) is 0. The van der Waals surface area contributed by atoms with E-state index >= 15 is 0 Å². The van der Waals surface area contributed by atoms with Crippen LogP contribution in [0.3, 0.4) is 0 Å². The number of hydrogen-bond donors (Lipinski definition) is 2. The van der Waals surface area contributed by atoms with Gasteiger partial charge in [0.15, 0.2) is 0 Å². The maximum atomic E-state index is 13.2. The van der Waals surface area contributed by atoms with Gasteiger partial charge in [0.1, 0.15) is 43.2 Å². The minimum absolute atomic E-state index is 0. The van der Waals surface area contributed by atoms with Crippen LogP contribution in [0.15, 0.2) is 231 Å². The third kappa shape index (κ3) is 12.8. The summed E-state index contributed by atoms with van der Waals surface area (Å²) in [4.78, 5) is 15.9. The molecule has 0 aliphatic rings. The molecule has 10 aromatic carbocycles. The molecule has 2 aromatic heterocycles. The van der Waals surface area contributed by atoms with Gasteiger partial charge in [0.05, 0.1) is 21.9 Å². The van der Waals surface area contributed by atoms with Crippen LogP contribution < -0.4 is 88.7 Å². The molecule has 12 rings (SSSR count). The summed E-state index contributed by atoms with van der Waals surface area (Å²) in [7, 11) is -11.3. The van der Waals surface area contributed by atoms with Crippen molar-refractivity contribution in [3.63, 3.8) is 0 Å². The Bertz CT molecular complexity index is 4120. The van der Waals surface area contributed by atoms with E-state index in [0.29, 0.717) is 23.0 Å². The quantitative estimate of drug-likeness (QED) is 0.0525. The monoisotopic (exact) mass is 1140 g/mol. The van der Waals surface area contributed by atoms with E-state index in [1.54, 1.807) is 24.3 Å². The van der Waals surface area contributed by atoms with E-state index in [4.69, 9.17) is 18.9 Å². The van der Waals surface area contributed by atoms with E-state index in [2.05, 4.69) is 30.6 Å². The number of fused-ring (bicyclic) bond motifs is 4. The number of aromatic nitrogens is 4. The summed E-state index contributed by atoms with van der Waals surface area (Å²) in [6.45, 7) is 0. The Morgan fingerprint density at radius 1 is 0.329 bits per heavy atom. The van der Waals surface area contributed by atoms with E-state index in [-0.39, 0.29) is 117 Å². The largest absolute Gasteiger partial charge is 1.00 e. The van der Waals surface area contributed by atoms with E-state index in [1.165, 1.54) is 60.7 Å². The van der Waals surface area contributed by atoms with Crippen molar-refractivity contribution in [3.05, 3.63) is 242 Å². The predicted octanol–water partition coefficient (Wildman–Crippen LogP) is 8.46. The van der Waals surface area contributed by atoms with Gasteiger partial charge >= 0.3 is 59.1 Å². The molecule has 0 fully saturated rings. The van der Waals surface area contributed by atoms with Gasteiger partial charge in [0.25, 0.3) is 0 Å². The SMILES string of the molecule is O=S(=O)([O-])C(=C(c1ccc(Nc2nc(Oc3cccc4ccccc34)cc(Oc3cccc4ccccc34)n2)cc1)S(=O)(=O)[O-])c1ccc(Nc2nc(Oc3cccc4ccccc34)cc(Oc3cccc4ccccc34)n2)cc1.[Na+].[Na+]. The Morgan fingerprint density at radius 3 is 0.829 bits per heavy atom. The molecule has 0 amide bonds. The van der Waals surface area contributed by atoms with Crippen molar-refractivity contribution in [2.75, 3.05) is 10.6 Å². The minimum atomic E-state index is -5.66. The molecule has 0 saturated heterocycles. The smallest absolute Gasteiger partial charge is 0.744 e. The molecule has 0 aliphatic carbocycles. The molecule has 392 valence electrons. The van der Waals surface area contributed by atoms with Crippen LogP contribution in [0.5, 0.6) is 46.5 Å². The molecule has 0 bridgehead atoms. The summed E-state index contributed by atoms with van der Waals surface area (Å²) in [6.07, 6.45) is 0. The Kier molecular flexibility index (Phi) is 17.0. The van der Waals surface area contributed by atoms with Crippen molar-refractivity contribution in [1.82, 2.24) is 19.9 Å². The molecule has 0 unspecified atom stereocenters. The average molecular weight is 1140 g/mol. The van der Waals surface area contributed by atoms with E-state index in [9.17, 15) is 25.9 Å². The van der Waals surface area contributed by atoms with Crippen LogP contribution in [0.2, 0.25) is 0 Å². The molecule has 0 radical (unpaired) electrons. The van der Waals surface area contributed by atoms with Gasteiger partial charge in [0, 0.05) is 32.9 Å². The zero-order chi connectivity index (χ0) is 54.8. The fourth-order valence-corrected chi connectivity index (χ4v) is 11.3. The third-order valence-corrected chi connectivity index (χ3v) is 14.7. The molecule has 0 saturated carbocycles. The van der Waals surface area contributed by atoms with Gasteiger partial charge in [0.2, 0.25) is 35.4 Å². The van der Waals surface area contributed by atoms with Gasteiger partial charge in [-0.05, 0) is 81.2 Å². The van der Waals surface area contributed by atoms with Crippen molar-refractivity contribution in [2.45, 2.75) is 0 Å². The Hall–Kier alpha value is -8.24. The number of hydrogen-bond acceptors (Lipinski definition) is 16. The molecular formula is C62H40N6Na2O10S2. The van der Waals surface area contributed by atoms with Crippen molar-refractivity contribution >= 4 is 96.4 Å². The van der Waals surface area contributed by atoms with Crippen LogP contribution in [0.4, 0.5) is 23.3 Å². The van der Waals surface area contributed by atoms with Gasteiger partial charge in [-0.15, -0.1) is 0 Å². The van der Waals surface area contributed by atoms with E-state index < -0.39 is 30.0 Å². The number of benzene rings is 10. The Morgan fingerprint density at radius 2 is 0.573 bits per heavy atom. The second kappa shape index (κ2) is 24.5. The molecule has 82 heavy (non-hydrogen) atoms. The summed E-state index contributed by atoms with van der Waals surface area (Å²) in [6, 6.07) is 66.5. The number of rotatable bonds is 16. The van der Waals surface area contributed by atoms with E-state index in [0.717, 1.165) is 43.1 Å². The maximum Gasteiger partial charge on any atom is 1.00 e. The van der Waals surface area contributed by atoms with Gasteiger partial charge < -0.3 is 38.7 Å². The van der Waals surface area contributed by atoms with Gasteiger partial charge in [-0.3, -0.25) is 0 Å². The molecule has 20 heteroatoms. The second-order valence-corrected chi connectivity index (χ2v) is 20.7. The van der Waals surface area contributed by atoms with Crippen LogP contribution in [0, 0.1) is 0 Å². The summed E-state index contributed by atoms with van der Waals surface area (Å²) in [5.74, 6) is 2.51. The third-order valence-electron chi connectivity index (χ3n) is 12.7. The molecule has 0 atom stereocenters. The average Bonchev–Trinajstić information content (AvgIpc) is 3.48. The second-order valence-electron chi connectivity index (χ2n) is 18.0. The molecule has 12 aromatic rings.